The highest BCUT2D eigenvalue weighted by Gasteiger charge is 2.36. The molecule has 0 bridgehead atoms. The summed E-state index contributed by atoms with van der Waals surface area (Å²) in [5, 5.41) is 1.90. The fourth-order valence-electron chi connectivity index (χ4n) is 2.01. The van der Waals surface area contributed by atoms with Crippen LogP contribution in [0.5, 0.6) is 0 Å². The number of anilines is 1. The first kappa shape index (κ1) is 12.5. The van der Waals surface area contributed by atoms with Gasteiger partial charge in [-0.25, -0.2) is 4.39 Å². The molecule has 0 saturated heterocycles. The molecule has 2 aromatic rings. The summed E-state index contributed by atoms with van der Waals surface area (Å²) < 4.78 is 14.0. The van der Waals surface area contributed by atoms with E-state index in [0.29, 0.717) is 12.2 Å². The van der Waals surface area contributed by atoms with Gasteiger partial charge in [0.1, 0.15) is 5.82 Å². The average Bonchev–Trinajstić information content (AvgIpc) is 2.88. The maximum atomic E-state index is 13.1. The van der Waals surface area contributed by atoms with Gasteiger partial charge in [0.2, 0.25) is 0 Å². The molecule has 96 valence electrons. The zero-order valence-corrected chi connectivity index (χ0v) is 11.9. The van der Waals surface area contributed by atoms with E-state index in [-0.39, 0.29) is 5.56 Å². The Kier molecular flexibility index (Phi) is 2.99. The number of carbonyl (C=O) groups excluding carboxylic acids is 2. The van der Waals surface area contributed by atoms with Crippen LogP contribution in [0.1, 0.15) is 15.2 Å². The second-order valence-corrected chi connectivity index (χ2v) is 5.93. The van der Waals surface area contributed by atoms with E-state index in [1.807, 2.05) is 11.4 Å². The number of hydrogen-bond acceptors (Lipinski definition) is 3. The van der Waals surface area contributed by atoms with Crippen molar-refractivity contribution in [2.75, 3.05) is 4.90 Å². The van der Waals surface area contributed by atoms with Crippen molar-refractivity contribution < 1.29 is 14.0 Å². The number of amides is 1. The molecule has 1 aromatic heterocycles. The summed E-state index contributed by atoms with van der Waals surface area (Å²) in [6.07, 6.45) is 0. The predicted molar refractivity (Wildman–Crippen MR) is 73.9 cm³/mol. The van der Waals surface area contributed by atoms with Crippen molar-refractivity contribution >= 4 is 44.6 Å². The molecule has 19 heavy (non-hydrogen) atoms. The molecule has 0 aliphatic carbocycles. The van der Waals surface area contributed by atoms with E-state index in [1.165, 1.54) is 28.4 Å². The van der Waals surface area contributed by atoms with Crippen molar-refractivity contribution in [2.45, 2.75) is 6.54 Å². The molecule has 3 rings (SSSR count). The number of halogens is 2. The lowest BCUT2D eigenvalue weighted by molar-refractivity contribution is -0.114. The van der Waals surface area contributed by atoms with Crippen LogP contribution in [0, 0.1) is 5.82 Å². The minimum Gasteiger partial charge on any atom is -0.299 e. The van der Waals surface area contributed by atoms with Gasteiger partial charge >= 0.3 is 0 Å². The average molecular weight is 340 g/mol. The minimum atomic E-state index is -0.651. The Labute approximate surface area is 120 Å². The van der Waals surface area contributed by atoms with Crippen LogP contribution >= 0.6 is 27.3 Å². The van der Waals surface area contributed by atoms with Crippen molar-refractivity contribution in [2.24, 2.45) is 0 Å². The summed E-state index contributed by atoms with van der Waals surface area (Å²) in [5.74, 6) is -1.78. The Morgan fingerprint density at radius 3 is 2.74 bits per heavy atom. The van der Waals surface area contributed by atoms with Gasteiger partial charge < -0.3 is 0 Å². The third kappa shape index (κ3) is 2.01. The van der Waals surface area contributed by atoms with Crippen LogP contribution < -0.4 is 4.90 Å². The van der Waals surface area contributed by atoms with Gasteiger partial charge in [-0.1, -0.05) is 0 Å². The van der Waals surface area contributed by atoms with E-state index in [0.717, 1.165) is 15.4 Å². The molecule has 6 heteroatoms. The Hall–Kier alpha value is -1.53. The molecule has 0 saturated carbocycles. The van der Waals surface area contributed by atoms with Crippen molar-refractivity contribution in [3.63, 3.8) is 0 Å². The molecule has 0 unspecified atom stereocenters. The summed E-state index contributed by atoms with van der Waals surface area (Å²) >= 11 is 4.88. The van der Waals surface area contributed by atoms with Crippen LogP contribution in [0.3, 0.4) is 0 Å². The van der Waals surface area contributed by atoms with Gasteiger partial charge in [0, 0.05) is 9.35 Å². The summed E-state index contributed by atoms with van der Waals surface area (Å²) in [6, 6.07) is 5.71. The van der Waals surface area contributed by atoms with Crippen molar-refractivity contribution in [3.8, 4) is 0 Å². The van der Waals surface area contributed by atoms with E-state index in [1.54, 1.807) is 0 Å². The quantitative estimate of drug-likeness (QED) is 0.786. The highest BCUT2D eigenvalue weighted by molar-refractivity contribution is 9.10. The van der Waals surface area contributed by atoms with Crippen LogP contribution in [0.4, 0.5) is 10.1 Å². The zero-order chi connectivity index (χ0) is 13.6. The summed E-state index contributed by atoms with van der Waals surface area (Å²) in [6.45, 7) is 0.307. The number of hydrogen-bond donors (Lipinski definition) is 0. The number of ketones is 1. The Balaban J connectivity index is 2.02. The number of nitrogens with zero attached hydrogens (tertiary/aromatic N) is 1. The van der Waals surface area contributed by atoms with Gasteiger partial charge in [-0.2, -0.15) is 0 Å². The third-order valence-corrected chi connectivity index (χ3v) is 4.84. The zero-order valence-electron chi connectivity index (χ0n) is 9.52. The van der Waals surface area contributed by atoms with E-state index >= 15 is 0 Å². The monoisotopic (exact) mass is 339 g/mol. The highest BCUT2D eigenvalue weighted by atomic mass is 79.9. The van der Waals surface area contributed by atoms with Crippen molar-refractivity contribution in [1.82, 2.24) is 0 Å². The van der Waals surface area contributed by atoms with Crippen LogP contribution in [0.2, 0.25) is 0 Å². The maximum absolute atomic E-state index is 13.1. The first-order valence-corrected chi connectivity index (χ1v) is 7.13. The molecule has 2 heterocycles. The molecular weight excluding hydrogens is 333 g/mol. The van der Waals surface area contributed by atoms with Gasteiger partial charge in [-0.15, -0.1) is 11.3 Å². The Bertz CT molecular complexity index is 698. The molecule has 1 amide bonds. The molecule has 1 aliphatic rings. The number of rotatable bonds is 2. The van der Waals surface area contributed by atoms with Gasteiger partial charge in [0.25, 0.3) is 11.7 Å². The smallest absolute Gasteiger partial charge is 0.299 e. The van der Waals surface area contributed by atoms with Crippen LogP contribution in [-0.2, 0) is 11.3 Å². The molecule has 0 atom stereocenters. The molecule has 0 N–H and O–H groups in total. The lowest BCUT2D eigenvalue weighted by Gasteiger charge is -2.15. The fourth-order valence-corrected chi connectivity index (χ4v) is 3.48. The van der Waals surface area contributed by atoms with Gasteiger partial charge in [0.15, 0.2) is 0 Å². The summed E-state index contributed by atoms with van der Waals surface area (Å²) in [4.78, 5) is 26.1. The first-order chi connectivity index (χ1) is 9.08. The lowest BCUT2D eigenvalue weighted by atomic mass is 10.1. The highest BCUT2D eigenvalue weighted by Crippen LogP contribution is 2.33. The molecule has 1 aliphatic heterocycles. The third-order valence-electron chi connectivity index (χ3n) is 2.93. The van der Waals surface area contributed by atoms with Crippen LogP contribution in [0.25, 0.3) is 0 Å². The van der Waals surface area contributed by atoms with E-state index < -0.39 is 17.5 Å². The van der Waals surface area contributed by atoms with Crippen LogP contribution in [-0.4, -0.2) is 11.7 Å². The number of fused-ring (bicyclic) bond motifs is 1. The fraction of sp³-hybridized carbons (Fsp3) is 0.0769. The standard InChI is InChI=1S/C13H7BrFNO2S/c14-9-3-4-19-11(9)6-16-10-2-1-7(15)5-8(10)12(17)13(16)18/h1-5H,6H2. The summed E-state index contributed by atoms with van der Waals surface area (Å²) in [5.41, 5.74) is 0.606. The predicted octanol–water partition coefficient (Wildman–Crippen LogP) is 3.38. The Morgan fingerprint density at radius 2 is 2.05 bits per heavy atom. The van der Waals surface area contributed by atoms with Gasteiger partial charge in [-0.05, 0) is 45.6 Å². The van der Waals surface area contributed by atoms with E-state index in [2.05, 4.69) is 15.9 Å². The van der Waals surface area contributed by atoms with E-state index in [4.69, 9.17) is 0 Å². The van der Waals surface area contributed by atoms with Crippen molar-refractivity contribution in [3.05, 3.63) is 50.4 Å². The van der Waals surface area contributed by atoms with Gasteiger partial charge in [-0.3, -0.25) is 14.5 Å². The van der Waals surface area contributed by atoms with E-state index in [9.17, 15) is 14.0 Å². The largest absolute Gasteiger partial charge is 0.299 e. The second-order valence-electron chi connectivity index (χ2n) is 4.07. The number of Topliss-reactive ketones (excluding diaryl/α,β-unsaturated/α-hetero) is 1. The SMILES string of the molecule is O=C1C(=O)N(Cc2sccc2Br)c2ccc(F)cc21. The number of carbonyl (C=O) groups is 2. The first-order valence-electron chi connectivity index (χ1n) is 5.45. The maximum Gasteiger partial charge on any atom is 0.299 e. The molecule has 0 fully saturated rings. The number of thiophene rings is 1. The number of benzene rings is 1. The van der Waals surface area contributed by atoms with Gasteiger partial charge in [0.05, 0.1) is 17.8 Å². The molecular formula is C13H7BrFNO2S. The molecule has 0 radical (unpaired) electrons. The normalized spacial score (nSPS) is 14.1. The molecule has 3 nitrogen and oxygen atoms in total. The lowest BCUT2D eigenvalue weighted by Crippen LogP contribution is -2.28. The topological polar surface area (TPSA) is 37.4 Å². The Morgan fingerprint density at radius 1 is 1.26 bits per heavy atom. The minimum absolute atomic E-state index is 0.137. The molecule has 1 aromatic carbocycles. The molecule has 0 spiro atoms. The van der Waals surface area contributed by atoms with Crippen molar-refractivity contribution in [1.29, 1.82) is 0 Å². The second kappa shape index (κ2) is 4.54. The van der Waals surface area contributed by atoms with Crippen LogP contribution in [0.15, 0.2) is 34.1 Å². The summed E-state index contributed by atoms with van der Waals surface area (Å²) in [7, 11) is 0.